The second-order valence-electron chi connectivity index (χ2n) is 7.86. The molecular weight excluding hydrogens is 310 g/mol. The van der Waals surface area contributed by atoms with Crippen LogP contribution in [0.3, 0.4) is 0 Å². The molecule has 0 spiro atoms. The Hall–Kier alpha value is -2.67. The number of aromatic nitrogens is 2. The molecule has 0 radical (unpaired) electrons. The van der Waals surface area contributed by atoms with E-state index in [1.165, 1.54) is 5.56 Å². The summed E-state index contributed by atoms with van der Waals surface area (Å²) in [7, 11) is 0. The van der Waals surface area contributed by atoms with E-state index in [0.717, 1.165) is 24.2 Å². The molecule has 0 bridgehead atoms. The minimum Gasteiger partial charge on any atom is -0.293 e. The minimum atomic E-state index is -0.557. The summed E-state index contributed by atoms with van der Waals surface area (Å²) >= 11 is 0. The van der Waals surface area contributed by atoms with Crippen LogP contribution in [-0.4, -0.2) is 15.6 Å². The quantitative estimate of drug-likeness (QED) is 0.799. The zero-order valence-electron chi connectivity index (χ0n) is 14.8. The zero-order valence-corrected chi connectivity index (χ0v) is 14.8. The Labute approximate surface area is 147 Å². The van der Waals surface area contributed by atoms with Gasteiger partial charge in [-0.25, -0.2) is 4.68 Å². The van der Waals surface area contributed by atoms with Gasteiger partial charge in [0.15, 0.2) is 5.78 Å². The average Bonchev–Trinajstić information content (AvgIpc) is 3.04. The molecule has 0 saturated carbocycles. The van der Waals surface area contributed by atoms with Gasteiger partial charge in [0.25, 0.3) is 0 Å². The highest BCUT2D eigenvalue weighted by Gasteiger charge is 2.55. The molecular formula is C21H21N3O. The number of para-hydroxylation sites is 1. The standard InChI is InChI=1S/C21H21N3O/c1-20(2)17-10-9-14-13-23-24(16-7-5-4-6-8-16)18(14)21(17,3)11-15(12-22)19(20)25/h4-8,11,13,17H,9-10H2,1-3H3/t17-,21-/m0/s1. The van der Waals surface area contributed by atoms with E-state index in [-0.39, 0.29) is 22.7 Å². The molecule has 2 aliphatic carbocycles. The van der Waals surface area contributed by atoms with Crippen molar-refractivity contribution in [3.63, 3.8) is 0 Å². The number of fused-ring (bicyclic) bond motifs is 3. The molecule has 1 aromatic heterocycles. The molecule has 0 aliphatic heterocycles. The highest BCUT2D eigenvalue weighted by Crippen LogP contribution is 2.54. The first kappa shape index (κ1) is 15.8. The molecule has 4 rings (SSSR count). The van der Waals surface area contributed by atoms with Crippen LogP contribution in [0.2, 0.25) is 0 Å². The fourth-order valence-electron chi connectivity index (χ4n) is 4.90. The molecule has 4 heteroatoms. The van der Waals surface area contributed by atoms with Crippen molar-refractivity contribution < 1.29 is 4.79 Å². The molecule has 0 unspecified atom stereocenters. The summed E-state index contributed by atoms with van der Waals surface area (Å²) in [6.45, 7) is 6.12. The van der Waals surface area contributed by atoms with Gasteiger partial charge in [-0.3, -0.25) is 4.79 Å². The van der Waals surface area contributed by atoms with Gasteiger partial charge in [0.2, 0.25) is 0 Å². The molecule has 126 valence electrons. The van der Waals surface area contributed by atoms with E-state index in [0.29, 0.717) is 0 Å². The van der Waals surface area contributed by atoms with Crippen LogP contribution in [0, 0.1) is 22.7 Å². The zero-order chi connectivity index (χ0) is 17.8. The second-order valence-corrected chi connectivity index (χ2v) is 7.86. The topological polar surface area (TPSA) is 58.7 Å². The average molecular weight is 331 g/mol. The predicted octanol–water partition coefficient (Wildman–Crippen LogP) is 3.75. The van der Waals surface area contributed by atoms with Crippen LogP contribution in [-0.2, 0) is 16.6 Å². The minimum absolute atomic E-state index is 0.0355. The third kappa shape index (κ3) is 2.05. The smallest absolute Gasteiger partial charge is 0.178 e. The van der Waals surface area contributed by atoms with Crippen molar-refractivity contribution in [1.82, 2.24) is 9.78 Å². The number of rotatable bonds is 1. The summed E-state index contributed by atoms with van der Waals surface area (Å²) in [6.07, 6.45) is 5.67. The lowest BCUT2D eigenvalue weighted by Crippen LogP contribution is -2.51. The van der Waals surface area contributed by atoms with E-state index in [2.05, 4.69) is 18.1 Å². The lowest BCUT2D eigenvalue weighted by atomic mass is 9.52. The first-order chi connectivity index (χ1) is 11.9. The van der Waals surface area contributed by atoms with E-state index < -0.39 is 5.41 Å². The number of allylic oxidation sites excluding steroid dienone is 2. The van der Waals surface area contributed by atoms with Crippen LogP contribution >= 0.6 is 0 Å². The van der Waals surface area contributed by atoms with Gasteiger partial charge in [-0.15, -0.1) is 0 Å². The number of nitriles is 1. The fraction of sp³-hybridized carbons (Fsp3) is 0.381. The van der Waals surface area contributed by atoms with Gasteiger partial charge in [-0.2, -0.15) is 10.4 Å². The molecule has 25 heavy (non-hydrogen) atoms. The number of ketones is 1. The third-order valence-corrected chi connectivity index (χ3v) is 6.05. The number of aryl methyl sites for hydroxylation is 1. The van der Waals surface area contributed by atoms with Crippen molar-refractivity contribution in [1.29, 1.82) is 5.26 Å². The Kier molecular flexibility index (Phi) is 3.27. The first-order valence-electron chi connectivity index (χ1n) is 8.70. The van der Waals surface area contributed by atoms with Gasteiger partial charge in [0.05, 0.1) is 23.2 Å². The summed E-state index contributed by atoms with van der Waals surface area (Å²) in [6, 6.07) is 12.2. The number of carbonyl (C=O) groups excluding carboxylic acids is 1. The van der Waals surface area contributed by atoms with Crippen LogP contribution in [0.25, 0.3) is 5.69 Å². The van der Waals surface area contributed by atoms with E-state index in [4.69, 9.17) is 0 Å². The van der Waals surface area contributed by atoms with E-state index >= 15 is 0 Å². The van der Waals surface area contributed by atoms with Crippen LogP contribution in [0.5, 0.6) is 0 Å². The van der Waals surface area contributed by atoms with Gasteiger partial charge in [-0.05, 0) is 36.5 Å². The monoisotopic (exact) mass is 331 g/mol. The largest absolute Gasteiger partial charge is 0.293 e. The second kappa shape index (κ2) is 5.16. The van der Waals surface area contributed by atoms with Crippen LogP contribution < -0.4 is 0 Å². The van der Waals surface area contributed by atoms with Gasteiger partial charge >= 0.3 is 0 Å². The molecule has 0 fully saturated rings. The van der Waals surface area contributed by atoms with Crippen molar-refractivity contribution in [3.8, 4) is 11.8 Å². The van der Waals surface area contributed by atoms with Crippen molar-refractivity contribution >= 4 is 5.78 Å². The number of Topliss-reactive ketones (excluding diaryl/α,β-unsaturated/α-hetero) is 1. The van der Waals surface area contributed by atoms with Gasteiger partial charge in [0, 0.05) is 10.8 Å². The van der Waals surface area contributed by atoms with Crippen LogP contribution in [0.1, 0.15) is 38.4 Å². The maximum atomic E-state index is 12.8. The van der Waals surface area contributed by atoms with Crippen molar-refractivity contribution in [3.05, 3.63) is 59.4 Å². The number of nitrogens with zero attached hydrogens (tertiary/aromatic N) is 3. The molecule has 4 nitrogen and oxygen atoms in total. The predicted molar refractivity (Wildman–Crippen MR) is 95.2 cm³/mol. The normalized spacial score (nSPS) is 27.0. The maximum Gasteiger partial charge on any atom is 0.178 e. The van der Waals surface area contributed by atoms with Crippen molar-refractivity contribution in [2.45, 2.75) is 39.0 Å². The van der Waals surface area contributed by atoms with Gasteiger partial charge < -0.3 is 0 Å². The first-order valence-corrected chi connectivity index (χ1v) is 8.70. The maximum absolute atomic E-state index is 12.8. The summed E-state index contributed by atoms with van der Waals surface area (Å²) < 4.78 is 1.98. The highest BCUT2D eigenvalue weighted by atomic mass is 16.1. The van der Waals surface area contributed by atoms with Crippen molar-refractivity contribution in [2.75, 3.05) is 0 Å². The van der Waals surface area contributed by atoms with Crippen LogP contribution in [0.15, 0.2) is 48.2 Å². The fourth-order valence-corrected chi connectivity index (χ4v) is 4.90. The van der Waals surface area contributed by atoms with Crippen LogP contribution in [0.4, 0.5) is 0 Å². The van der Waals surface area contributed by atoms with Gasteiger partial charge in [-0.1, -0.05) is 45.0 Å². The lowest BCUT2D eigenvalue weighted by molar-refractivity contribution is -0.128. The Bertz CT molecular complexity index is 930. The molecule has 0 N–H and O–H groups in total. The summed E-state index contributed by atoms with van der Waals surface area (Å²) in [5.41, 5.74) is 2.66. The molecule has 2 aliphatic rings. The molecule has 2 atom stereocenters. The van der Waals surface area contributed by atoms with E-state index in [1.54, 1.807) is 0 Å². The van der Waals surface area contributed by atoms with Crippen molar-refractivity contribution in [2.24, 2.45) is 11.3 Å². The Morgan fingerprint density at radius 3 is 2.64 bits per heavy atom. The number of carbonyl (C=O) groups is 1. The molecule has 0 saturated heterocycles. The molecule has 1 aromatic carbocycles. The molecule has 1 heterocycles. The van der Waals surface area contributed by atoms with E-state index in [9.17, 15) is 10.1 Å². The third-order valence-electron chi connectivity index (χ3n) is 6.05. The highest BCUT2D eigenvalue weighted by molar-refractivity contribution is 6.04. The SMILES string of the molecule is CC1(C)C(=O)C(C#N)=C[C@]2(C)c3c(cnn3-c3ccccc3)CC[C@@H]12. The summed E-state index contributed by atoms with van der Waals surface area (Å²) in [5, 5.41) is 14.2. The van der Waals surface area contributed by atoms with E-state index in [1.807, 2.05) is 61.1 Å². The summed E-state index contributed by atoms with van der Waals surface area (Å²) in [4.78, 5) is 12.8. The number of hydrogen-bond donors (Lipinski definition) is 0. The number of benzene rings is 1. The van der Waals surface area contributed by atoms with Gasteiger partial charge in [0.1, 0.15) is 6.07 Å². The Morgan fingerprint density at radius 2 is 1.96 bits per heavy atom. The Morgan fingerprint density at radius 1 is 1.24 bits per heavy atom. The Balaban J connectivity index is 1.99. The summed E-state index contributed by atoms with van der Waals surface area (Å²) in [5.74, 6) is 0.114. The molecule has 2 aromatic rings. The number of hydrogen-bond acceptors (Lipinski definition) is 3. The lowest BCUT2D eigenvalue weighted by Gasteiger charge is -2.50. The molecule has 0 amide bonds.